The Balaban J connectivity index is 1.45. The number of carbonyl (C=O) groups is 2. The lowest BCUT2D eigenvalue weighted by Gasteiger charge is -2.26. The number of hydrogen-bond acceptors (Lipinski definition) is 3. The van der Waals surface area contributed by atoms with Gasteiger partial charge in [-0.25, -0.2) is 0 Å². The second kappa shape index (κ2) is 8.48. The van der Waals surface area contributed by atoms with Gasteiger partial charge in [-0.3, -0.25) is 9.59 Å². The number of hydrogen-bond donors (Lipinski definition) is 2. The third kappa shape index (κ3) is 4.82. The predicted molar refractivity (Wildman–Crippen MR) is 97.8 cm³/mol. The van der Waals surface area contributed by atoms with Crippen LogP contribution in [0.25, 0.3) is 0 Å². The summed E-state index contributed by atoms with van der Waals surface area (Å²) in [7, 11) is 0. The van der Waals surface area contributed by atoms with Crippen LogP contribution in [0, 0.1) is 5.92 Å². The molecule has 1 aromatic carbocycles. The number of amides is 2. The van der Waals surface area contributed by atoms with Gasteiger partial charge in [-0.2, -0.15) is 0 Å². The lowest BCUT2D eigenvalue weighted by molar-refractivity contribution is -0.135. The molecular formula is C20H29N3O2. The Morgan fingerprint density at radius 2 is 1.84 bits per heavy atom. The van der Waals surface area contributed by atoms with Crippen LogP contribution < -0.4 is 11.1 Å². The Labute approximate surface area is 150 Å². The smallest absolute Gasteiger partial charge is 0.237 e. The molecule has 0 spiro atoms. The first kappa shape index (κ1) is 17.9. The summed E-state index contributed by atoms with van der Waals surface area (Å²) in [4.78, 5) is 26.9. The standard InChI is InChI=1S/C20H29N3O2/c21-18(13-15-7-3-1-4-8-15)19(24)22-17-11-12-23(14-17)20(25)16-9-5-2-6-10-16/h1,3-4,7-8,16-18H,2,5-6,9-14,21H2,(H,22,24)/t17?,18-/m0/s1. The van der Waals surface area contributed by atoms with Crippen LogP contribution in [-0.2, 0) is 16.0 Å². The summed E-state index contributed by atoms with van der Waals surface area (Å²) in [5.74, 6) is 0.356. The summed E-state index contributed by atoms with van der Waals surface area (Å²) in [5, 5.41) is 3.03. The van der Waals surface area contributed by atoms with Crippen molar-refractivity contribution in [2.75, 3.05) is 13.1 Å². The van der Waals surface area contributed by atoms with Crippen LogP contribution in [0.4, 0.5) is 0 Å². The van der Waals surface area contributed by atoms with Gasteiger partial charge in [0.2, 0.25) is 11.8 Å². The van der Waals surface area contributed by atoms with Gasteiger partial charge >= 0.3 is 0 Å². The van der Waals surface area contributed by atoms with Gasteiger partial charge in [0.15, 0.2) is 0 Å². The Bertz CT molecular complexity index is 584. The van der Waals surface area contributed by atoms with E-state index in [1.54, 1.807) is 0 Å². The molecule has 1 aliphatic heterocycles. The lowest BCUT2D eigenvalue weighted by Crippen LogP contribution is -2.47. The monoisotopic (exact) mass is 343 g/mol. The Morgan fingerprint density at radius 1 is 1.12 bits per heavy atom. The van der Waals surface area contributed by atoms with Gasteiger partial charge in [-0.05, 0) is 31.2 Å². The highest BCUT2D eigenvalue weighted by Crippen LogP contribution is 2.26. The summed E-state index contributed by atoms with van der Waals surface area (Å²) < 4.78 is 0. The largest absolute Gasteiger partial charge is 0.350 e. The van der Waals surface area contributed by atoms with Crippen LogP contribution in [0.5, 0.6) is 0 Å². The number of nitrogens with two attached hydrogens (primary N) is 1. The number of benzene rings is 1. The van der Waals surface area contributed by atoms with Crippen LogP contribution in [-0.4, -0.2) is 41.9 Å². The van der Waals surface area contributed by atoms with Crippen molar-refractivity contribution in [3.63, 3.8) is 0 Å². The fraction of sp³-hybridized carbons (Fsp3) is 0.600. The normalized spacial score (nSPS) is 22.6. The SMILES string of the molecule is N[C@@H](Cc1ccccc1)C(=O)NC1CCN(C(=O)C2CCCCC2)C1. The molecule has 3 rings (SSSR count). The molecule has 25 heavy (non-hydrogen) atoms. The molecule has 5 heteroatoms. The highest BCUT2D eigenvalue weighted by Gasteiger charge is 2.32. The minimum atomic E-state index is -0.550. The van der Waals surface area contributed by atoms with E-state index in [1.165, 1.54) is 19.3 Å². The first-order valence-corrected chi connectivity index (χ1v) is 9.52. The molecule has 3 N–H and O–H groups in total. The van der Waals surface area contributed by atoms with Crippen molar-refractivity contribution in [3.8, 4) is 0 Å². The molecule has 1 saturated heterocycles. The maximum Gasteiger partial charge on any atom is 0.237 e. The first-order valence-electron chi connectivity index (χ1n) is 9.52. The van der Waals surface area contributed by atoms with Crippen molar-refractivity contribution in [2.24, 2.45) is 11.7 Å². The zero-order chi connectivity index (χ0) is 17.6. The van der Waals surface area contributed by atoms with E-state index in [1.807, 2.05) is 35.2 Å². The van der Waals surface area contributed by atoms with E-state index < -0.39 is 6.04 Å². The van der Waals surface area contributed by atoms with Gasteiger partial charge in [-0.15, -0.1) is 0 Å². The second-order valence-electron chi connectivity index (χ2n) is 7.41. The van der Waals surface area contributed by atoms with Crippen molar-refractivity contribution in [1.29, 1.82) is 0 Å². The van der Waals surface area contributed by atoms with Gasteiger partial charge in [0, 0.05) is 25.0 Å². The zero-order valence-corrected chi connectivity index (χ0v) is 14.8. The fourth-order valence-electron chi connectivity index (χ4n) is 3.95. The van der Waals surface area contributed by atoms with Crippen LogP contribution in [0.15, 0.2) is 30.3 Å². The third-order valence-corrected chi connectivity index (χ3v) is 5.44. The molecular weight excluding hydrogens is 314 g/mol. The van der Waals surface area contributed by atoms with Crippen molar-refractivity contribution in [2.45, 2.75) is 57.0 Å². The minimum Gasteiger partial charge on any atom is -0.350 e. The molecule has 2 aliphatic rings. The molecule has 0 aromatic heterocycles. The highest BCUT2D eigenvalue weighted by molar-refractivity contribution is 5.83. The number of likely N-dealkylation sites (tertiary alicyclic amines) is 1. The molecule has 2 atom stereocenters. The summed E-state index contributed by atoms with van der Waals surface area (Å²) >= 11 is 0. The molecule has 1 aliphatic carbocycles. The average Bonchev–Trinajstić information content (AvgIpc) is 3.11. The van der Waals surface area contributed by atoms with Gasteiger partial charge < -0.3 is 16.0 Å². The molecule has 1 aromatic rings. The Morgan fingerprint density at radius 3 is 2.56 bits per heavy atom. The van der Waals surface area contributed by atoms with E-state index in [9.17, 15) is 9.59 Å². The molecule has 0 radical (unpaired) electrons. The molecule has 1 unspecified atom stereocenters. The highest BCUT2D eigenvalue weighted by atomic mass is 16.2. The molecule has 2 amide bonds. The molecule has 2 fully saturated rings. The van der Waals surface area contributed by atoms with E-state index in [0.29, 0.717) is 13.0 Å². The van der Waals surface area contributed by atoms with Crippen molar-refractivity contribution >= 4 is 11.8 Å². The molecule has 136 valence electrons. The number of carbonyl (C=O) groups excluding carboxylic acids is 2. The summed E-state index contributed by atoms with van der Waals surface area (Å²) in [6.45, 7) is 1.37. The average molecular weight is 343 g/mol. The number of rotatable bonds is 5. The molecule has 1 saturated carbocycles. The zero-order valence-electron chi connectivity index (χ0n) is 14.8. The third-order valence-electron chi connectivity index (χ3n) is 5.44. The Hall–Kier alpha value is -1.88. The maximum absolute atomic E-state index is 12.6. The van der Waals surface area contributed by atoms with Crippen LogP contribution >= 0.6 is 0 Å². The second-order valence-corrected chi connectivity index (χ2v) is 7.41. The van der Waals surface area contributed by atoms with Crippen molar-refractivity contribution in [1.82, 2.24) is 10.2 Å². The van der Waals surface area contributed by atoms with E-state index >= 15 is 0 Å². The van der Waals surface area contributed by atoms with E-state index in [0.717, 1.165) is 31.4 Å². The fourth-order valence-corrected chi connectivity index (χ4v) is 3.95. The van der Waals surface area contributed by atoms with Gasteiger partial charge in [0.25, 0.3) is 0 Å². The lowest BCUT2D eigenvalue weighted by atomic mass is 9.88. The van der Waals surface area contributed by atoms with Gasteiger partial charge in [0.05, 0.1) is 6.04 Å². The first-order chi connectivity index (χ1) is 12.1. The van der Waals surface area contributed by atoms with Gasteiger partial charge in [-0.1, -0.05) is 49.6 Å². The topological polar surface area (TPSA) is 75.4 Å². The van der Waals surface area contributed by atoms with E-state index in [4.69, 9.17) is 5.73 Å². The van der Waals surface area contributed by atoms with Crippen LogP contribution in [0.2, 0.25) is 0 Å². The number of nitrogens with one attached hydrogen (secondary N) is 1. The minimum absolute atomic E-state index is 0.0295. The van der Waals surface area contributed by atoms with Crippen LogP contribution in [0.3, 0.4) is 0 Å². The van der Waals surface area contributed by atoms with E-state index in [2.05, 4.69) is 5.32 Å². The maximum atomic E-state index is 12.6. The van der Waals surface area contributed by atoms with E-state index in [-0.39, 0.29) is 23.8 Å². The predicted octanol–water partition coefficient (Wildman–Crippen LogP) is 1.85. The van der Waals surface area contributed by atoms with Crippen molar-refractivity contribution < 1.29 is 9.59 Å². The van der Waals surface area contributed by atoms with Crippen molar-refractivity contribution in [3.05, 3.63) is 35.9 Å². The molecule has 0 bridgehead atoms. The summed E-state index contributed by atoms with van der Waals surface area (Å²) in [6, 6.07) is 9.29. The summed E-state index contributed by atoms with van der Waals surface area (Å²) in [5.41, 5.74) is 7.11. The molecule has 5 nitrogen and oxygen atoms in total. The number of nitrogens with zero attached hydrogens (tertiary/aromatic N) is 1. The quantitative estimate of drug-likeness (QED) is 0.857. The van der Waals surface area contributed by atoms with Crippen LogP contribution in [0.1, 0.15) is 44.1 Å². The Kier molecular flexibility index (Phi) is 6.08. The summed E-state index contributed by atoms with van der Waals surface area (Å²) in [6.07, 6.45) is 6.98. The molecule has 1 heterocycles. The van der Waals surface area contributed by atoms with Gasteiger partial charge in [0.1, 0.15) is 0 Å².